The third kappa shape index (κ3) is 2.53. The number of nitrogens with zero attached hydrogens (tertiary/aromatic N) is 3. The summed E-state index contributed by atoms with van der Waals surface area (Å²) in [6, 6.07) is 0.451. The maximum atomic E-state index is 4.65. The Bertz CT molecular complexity index is 389. The molecule has 0 bridgehead atoms. The summed E-state index contributed by atoms with van der Waals surface area (Å²) in [5, 5.41) is 8.13. The molecule has 1 aliphatic rings. The van der Waals surface area contributed by atoms with E-state index in [4.69, 9.17) is 0 Å². The average Bonchev–Trinajstić information content (AvgIpc) is 2.60. The Morgan fingerprint density at radius 3 is 2.65 bits per heavy atom. The van der Waals surface area contributed by atoms with Gasteiger partial charge < -0.3 is 5.32 Å². The first-order valence-electron chi connectivity index (χ1n) is 6.34. The van der Waals surface area contributed by atoms with Crippen molar-refractivity contribution >= 4 is 0 Å². The maximum Gasteiger partial charge on any atom is 0.0726 e. The van der Waals surface area contributed by atoms with E-state index in [1.54, 1.807) is 0 Å². The molecule has 1 aromatic rings. The minimum atomic E-state index is 0.106. The molecule has 4 nitrogen and oxygen atoms in total. The van der Waals surface area contributed by atoms with Gasteiger partial charge in [-0.05, 0) is 7.05 Å². The number of piperazine rings is 1. The molecule has 2 heterocycles. The van der Waals surface area contributed by atoms with Crippen LogP contribution in [0.5, 0.6) is 0 Å². The average molecular weight is 236 g/mol. The highest BCUT2D eigenvalue weighted by molar-refractivity contribution is 5.28. The monoisotopic (exact) mass is 236 g/mol. The van der Waals surface area contributed by atoms with E-state index >= 15 is 0 Å². The first kappa shape index (κ1) is 12.6. The summed E-state index contributed by atoms with van der Waals surface area (Å²) >= 11 is 0. The first-order valence-corrected chi connectivity index (χ1v) is 6.34. The summed E-state index contributed by atoms with van der Waals surface area (Å²) in [6.07, 6.45) is 2.18. The minimum Gasteiger partial charge on any atom is -0.314 e. The molecule has 2 rings (SSSR count). The lowest BCUT2D eigenvalue weighted by Crippen LogP contribution is -2.44. The summed E-state index contributed by atoms with van der Waals surface area (Å²) < 4.78 is 1.94. The second-order valence-corrected chi connectivity index (χ2v) is 6.06. The van der Waals surface area contributed by atoms with Crippen molar-refractivity contribution in [1.82, 2.24) is 20.0 Å². The van der Waals surface area contributed by atoms with Gasteiger partial charge in [0.25, 0.3) is 0 Å². The normalized spacial score (nSPS) is 23.0. The Morgan fingerprint density at radius 1 is 1.35 bits per heavy atom. The van der Waals surface area contributed by atoms with Crippen molar-refractivity contribution in [2.45, 2.75) is 32.2 Å². The Balaban J connectivity index is 2.37. The maximum absolute atomic E-state index is 4.65. The van der Waals surface area contributed by atoms with Gasteiger partial charge in [0.2, 0.25) is 0 Å². The second-order valence-electron chi connectivity index (χ2n) is 6.06. The van der Waals surface area contributed by atoms with Crippen molar-refractivity contribution < 1.29 is 0 Å². The molecular formula is C13H24N4. The van der Waals surface area contributed by atoms with Gasteiger partial charge in [-0.15, -0.1) is 0 Å². The highest BCUT2D eigenvalue weighted by Crippen LogP contribution is 2.31. The number of rotatable bonds is 1. The molecule has 0 radical (unpaired) electrons. The molecule has 4 heteroatoms. The Morgan fingerprint density at radius 2 is 2.06 bits per heavy atom. The number of likely N-dealkylation sites (N-methyl/N-ethyl adjacent to an activating group) is 1. The quantitative estimate of drug-likeness (QED) is 0.798. The molecule has 0 aliphatic carbocycles. The molecule has 0 aromatic carbocycles. The number of hydrogen-bond donors (Lipinski definition) is 1. The molecule has 1 saturated heterocycles. The summed E-state index contributed by atoms with van der Waals surface area (Å²) in [4.78, 5) is 2.42. The van der Waals surface area contributed by atoms with E-state index in [1.165, 1.54) is 11.3 Å². The van der Waals surface area contributed by atoms with Crippen molar-refractivity contribution in [1.29, 1.82) is 0 Å². The van der Waals surface area contributed by atoms with Crippen LogP contribution in [-0.2, 0) is 12.5 Å². The van der Waals surface area contributed by atoms with Gasteiger partial charge in [0, 0.05) is 43.9 Å². The van der Waals surface area contributed by atoms with Crippen molar-refractivity contribution in [2.75, 3.05) is 26.7 Å². The molecule has 1 aromatic heterocycles. The van der Waals surface area contributed by atoms with Crippen LogP contribution in [0.1, 0.15) is 38.1 Å². The van der Waals surface area contributed by atoms with Crippen molar-refractivity contribution in [3.05, 3.63) is 17.5 Å². The van der Waals surface area contributed by atoms with Crippen LogP contribution in [0.25, 0.3) is 0 Å². The van der Waals surface area contributed by atoms with E-state index in [2.05, 4.69) is 49.3 Å². The topological polar surface area (TPSA) is 33.1 Å². The zero-order chi connectivity index (χ0) is 12.6. The summed E-state index contributed by atoms with van der Waals surface area (Å²) in [5.74, 6) is 0. The molecule has 1 atom stereocenters. The Kier molecular flexibility index (Phi) is 3.27. The molecule has 1 fully saturated rings. The molecule has 0 saturated carbocycles. The molecular weight excluding hydrogens is 212 g/mol. The highest BCUT2D eigenvalue weighted by atomic mass is 15.3. The predicted octanol–water partition coefficient (Wildman–Crippen LogP) is 1.29. The fourth-order valence-electron chi connectivity index (χ4n) is 2.49. The van der Waals surface area contributed by atoms with Gasteiger partial charge in [-0.2, -0.15) is 5.10 Å². The number of aromatic nitrogens is 2. The van der Waals surface area contributed by atoms with Crippen LogP contribution < -0.4 is 5.32 Å². The first-order chi connectivity index (χ1) is 7.89. The molecule has 1 N–H and O–H groups in total. The van der Waals surface area contributed by atoms with Crippen LogP contribution in [0.2, 0.25) is 0 Å². The Hall–Kier alpha value is -0.870. The summed E-state index contributed by atoms with van der Waals surface area (Å²) in [6.45, 7) is 9.89. The third-order valence-electron chi connectivity index (χ3n) is 3.44. The predicted molar refractivity (Wildman–Crippen MR) is 70.1 cm³/mol. The lowest BCUT2D eigenvalue weighted by atomic mass is 9.87. The zero-order valence-corrected chi connectivity index (χ0v) is 11.6. The van der Waals surface area contributed by atoms with Crippen molar-refractivity contribution in [3.63, 3.8) is 0 Å². The smallest absolute Gasteiger partial charge is 0.0726 e. The molecule has 0 amide bonds. The molecule has 1 unspecified atom stereocenters. The van der Waals surface area contributed by atoms with Gasteiger partial charge >= 0.3 is 0 Å². The highest BCUT2D eigenvalue weighted by Gasteiger charge is 2.29. The van der Waals surface area contributed by atoms with Crippen LogP contribution in [0.15, 0.2) is 6.20 Å². The standard InChI is InChI=1S/C13H24N4/c1-13(2,3)12-10(9-17(5)15-12)11-8-14-6-7-16(11)4/h9,11,14H,6-8H2,1-5H3. The van der Waals surface area contributed by atoms with Gasteiger partial charge in [-0.25, -0.2) is 0 Å². The van der Waals surface area contributed by atoms with E-state index in [-0.39, 0.29) is 5.41 Å². The molecule has 1 aliphatic heterocycles. The largest absolute Gasteiger partial charge is 0.314 e. The number of hydrogen-bond acceptors (Lipinski definition) is 3. The van der Waals surface area contributed by atoms with Gasteiger partial charge in [-0.1, -0.05) is 20.8 Å². The van der Waals surface area contributed by atoms with Crippen LogP contribution in [-0.4, -0.2) is 41.4 Å². The molecule has 17 heavy (non-hydrogen) atoms. The van der Waals surface area contributed by atoms with E-state index in [1.807, 2.05) is 11.7 Å². The second kappa shape index (κ2) is 4.42. The number of nitrogens with one attached hydrogen (secondary N) is 1. The lowest BCUT2D eigenvalue weighted by Gasteiger charge is -2.34. The number of aryl methyl sites for hydroxylation is 1. The third-order valence-corrected chi connectivity index (χ3v) is 3.44. The molecule has 0 spiro atoms. The summed E-state index contributed by atoms with van der Waals surface area (Å²) in [5.41, 5.74) is 2.70. The van der Waals surface area contributed by atoms with Crippen molar-refractivity contribution in [3.8, 4) is 0 Å². The minimum absolute atomic E-state index is 0.106. The van der Waals surface area contributed by atoms with Gasteiger partial charge in [0.1, 0.15) is 0 Å². The van der Waals surface area contributed by atoms with Gasteiger partial charge in [0.05, 0.1) is 11.7 Å². The fraction of sp³-hybridized carbons (Fsp3) is 0.769. The van der Waals surface area contributed by atoms with Gasteiger partial charge in [-0.3, -0.25) is 9.58 Å². The van der Waals surface area contributed by atoms with Crippen LogP contribution in [0.3, 0.4) is 0 Å². The van der Waals surface area contributed by atoms with Crippen LogP contribution in [0.4, 0.5) is 0 Å². The summed E-state index contributed by atoms with van der Waals surface area (Å²) in [7, 11) is 4.21. The van der Waals surface area contributed by atoms with Crippen LogP contribution >= 0.6 is 0 Å². The van der Waals surface area contributed by atoms with E-state index in [0.29, 0.717) is 6.04 Å². The van der Waals surface area contributed by atoms with E-state index in [0.717, 1.165) is 19.6 Å². The van der Waals surface area contributed by atoms with Crippen molar-refractivity contribution in [2.24, 2.45) is 7.05 Å². The lowest BCUT2D eigenvalue weighted by molar-refractivity contribution is 0.200. The van der Waals surface area contributed by atoms with E-state index < -0.39 is 0 Å². The SMILES string of the molecule is CN1CCNCC1c1cn(C)nc1C(C)(C)C. The van der Waals surface area contributed by atoms with Gasteiger partial charge in [0.15, 0.2) is 0 Å². The fourth-order valence-corrected chi connectivity index (χ4v) is 2.49. The molecule has 96 valence electrons. The van der Waals surface area contributed by atoms with E-state index in [9.17, 15) is 0 Å². The van der Waals surface area contributed by atoms with Crippen LogP contribution in [0, 0.1) is 0 Å². The zero-order valence-electron chi connectivity index (χ0n) is 11.6. The Labute approximate surface area is 104 Å².